The molecule has 2 N–H and O–H groups in total. The average molecular weight is 187 g/mol. The third-order valence-corrected chi connectivity index (χ3v) is 1.27. The smallest absolute Gasteiger partial charge is 0.255 e. The molecule has 1 aromatic carbocycles. The van der Waals surface area contributed by atoms with E-state index in [4.69, 9.17) is 10.5 Å². The quantitative estimate of drug-likeness (QED) is 0.761. The summed E-state index contributed by atoms with van der Waals surface area (Å²) in [7, 11) is 0. The molecule has 1 amide bonds. The van der Waals surface area contributed by atoms with Gasteiger partial charge < -0.3 is 10.5 Å². The molecule has 3 nitrogen and oxygen atoms in total. The highest BCUT2D eigenvalue weighted by molar-refractivity contribution is 5.75. The monoisotopic (exact) mass is 187 g/mol. The Kier molecular flexibility index (Phi) is 2.79. The molecule has 0 aromatic heterocycles. The van der Waals surface area contributed by atoms with Crippen LogP contribution >= 0.6 is 0 Å². The first-order valence-electron chi connectivity index (χ1n) is 3.46. The second kappa shape index (κ2) is 3.84. The zero-order valence-corrected chi connectivity index (χ0v) is 6.59. The topological polar surface area (TPSA) is 52.3 Å². The summed E-state index contributed by atoms with van der Waals surface area (Å²) < 4.78 is 29.6. The van der Waals surface area contributed by atoms with Gasteiger partial charge in [-0.2, -0.15) is 0 Å². The first kappa shape index (κ1) is 9.44. The van der Waals surface area contributed by atoms with Crippen molar-refractivity contribution < 1.29 is 18.3 Å². The van der Waals surface area contributed by atoms with Gasteiger partial charge in [0.25, 0.3) is 5.91 Å². The van der Waals surface area contributed by atoms with Crippen molar-refractivity contribution in [3.63, 3.8) is 0 Å². The lowest BCUT2D eigenvalue weighted by Crippen LogP contribution is -2.20. The van der Waals surface area contributed by atoms with E-state index in [1.807, 2.05) is 0 Å². The van der Waals surface area contributed by atoms with Crippen LogP contribution < -0.4 is 10.5 Å². The second-order valence-electron chi connectivity index (χ2n) is 2.33. The number of hydrogen-bond donors (Lipinski definition) is 1. The van der Waals surface area contributed by atoms with E-state index in [2.05, 4.69) is 0 Å². The summed E-state index contributed by atoms with van der Waals surface area (Å²) in [4.78, 5) is 10.3. The van der Waals surface area contributed by atoms with E-state index < -0.39 is 17.5 Å². The molecule has 0 unspecified atom stereocenters. The van der Waals surface area contributed by atoms with E-state index in [1.54, 1.807) is 0 Å². The van der Waals surface area contributed by atoms with E-state index in [0.29, 0.717) is 0 Å². The molecule has 5 heteroatoms. The first-order valence-corrected chi connectivity index (χ1v) is 3.46. The molecule has 70 valence electrons. The number of carbonyl (C=O) groups is 1. The van der Waals surface area contributed by atoms with Crippen molar-refractivity contribution in [1.82, 2.24) is 0 Å². The average Bonchev–Trinajstić information content (AvgIpc) is 2.07. The summed E-state index contributed by atoms with van der Waals surface area (Å²) in [5.74, 6) is -2.60. The lowest BCUT2D eigenvalue weighted by atomic mass is 10.3. The summed E-state index contributed by atoms with van der Waals surface area (Å²) >= 11 is 0. The molecular weight excluding hydrogens is 180 g/mol. The van der Waals surface area contributed by atoms with Gasteiger partial charge in [0.05, 0.1) is 0 Å². The Labute approximate surface area is 73.1 Å². The molecule has 0 aliphatic heterocycles. The van der Waals surface area contributed by atoms with Gasteiger partial charge in [0.15, 0.2) is 18.2 Å². The molecule has 0 bridgehead atoms. The molecule has 0 saturated carbocycles. The van der Waals surface area contributed by atoms with Crippen LogP contribution in [0.1, 0.15) is 0 Å². The van der Waals surface area contributed by atoms with Crippen LogP contribution in [0.25, 0.3) is 0 Å². The van der Waals surface area contributed by atoms with Crippen LogP contribution in [0.15, 0.2) is 18.2 Å². The predicted molar refractivity (Wildman–Crippen MR) is 41.0 cm³/mol. The second-order valence-corrected chi connectivity index (χ2v) is 2.33. The minimum absolute atomic E-state index is 0.0673. The van der Waals surface area contributed by atoms with Crippen LogP contribution in [0.5, 0.6) is 5.75 Å². The van der Waals surface area contributed by atoms with E-state index in [-0.39, 0.29) is 12.4 Å². The fraction of sp³-hybridized carbons (Fsp3) is 0.125. The molecule has 0 saturated heterocycles. The molecule has 0 atom stereocenters. The highest BCUT2D eigenvalue weighted by Gasteiger charge is 2.03. The van der Waals surface area contributed by atoms with Crippen LogP contribution in [0.4, 0.5) is 8.78 Å². The molecule has 0 radical (unpaired) electrons. The minimum Gasteiger partial charge on any atom is -0.484 e. The van der Waals surface area contributed by atoms with Crippen molar-refractivity contribution in [2.75, 3.05) is 6.61 Å². The van der Waals surface area contributed by atoms with Gasteiger partial charge in [-0.15, -0.1) is 0 Å². The van der Waals surface area contributed by atoms with Crippen molar-refractivity contribution in [1.29, 1.82) is 0 Å². The van der Waals surface area contributed by atoms with Gasteiger partial charge in [0.2, 0.25) is 0 Å². The Morgan fingerprint density at radius 1 is 1.38 bits per heavy atom. The lowest BCUT2D eigenvalue weighted by Gasteiger charge is -2.02. The predicted octanol–water partition coefficient (Wildman–Crippen LogP) is 0.829. The minimum atomic E-state index is -1.03. The SMILES string of the molecule is NC(=O)COc1ccc(F)c(F)c1. The third kappa shape index (κ3) is 2.70. The fourth-order valence-electron chi connectivity index (χ4n) is 0.721. The maximum Gasteiger partial charge on any atom is 0.255 e. The summed E-state index contributed by atoms with van der Waals surface area (Å²) in [6.45, 7) is -0.356. The first-order chi connectivity index (χ1) is 6.09. The van der Waals surface area contributed by atoms with E-state index >= 15 is 0 Å². The van der Waals surface area contributed by atoms with E-state index in [9.17, 15) is 13.6 Å². The Balaban J connectivity index is 2.68. The Bertz CT molecular complexity index is 328. The Morgan fingerprint density at radius 3 is 2.62 bits per heavy atom. The van der Waals surface area contributed by atoms with E-state index in [0.717, 1.165) is 12.1 Å². The highest BCUT2D eigenvalue weighted by atomic mass is 19.2. The molecule has 1 rings (SSSR count). The molecular formula is C8H7F2NO2. The van der Waals surface area contributed by atoms with E-state index in [1.165, 1.54) is 6.07 Å². The summed E-state index contributed by atoms with van der Waals surface area (Å²) in [6, 6.07) is 2.96. The molecule has 0 aliphatic rings. The van der Waals surface area contributed by atoms with Gasteiger partial charge in [-0.1, -0.05) is 0 Å². The molecule has 13 heavy (non-hydrogen) atoms. The van der Waals surface area contributed by atoms with Gasteiger partial charge in [0.1, 0.15) is 5.75 Å². The van der Waals surface area contributed by atoms with Crippen molar-refractivity contribution in [3.05, 3.63) is 29.8 Å². The molecule has 1 aromatic rings. The fourth-order valence-corrected chi connectivity index (χ4v) is 0.721. The molecule has 0 aliphatic carbocycles. The molecule has 0 heterocycles. The Morgan fingerprint density at radius 2 is 2.08 bits per heavy atom. The summed E-state index contributed by atoms with van der Waals surface area (Å²) in [5.41, 5.74) is 4.78. The third-order valence-electron chi connectivity index (χ3n) is 1.27. The summed E-state index contributed by atoms with van der Waals surface area (Å²) in [5, 5.41) is 0. The summed E-state index contributed by atoms with van der Waals surface area (Å²) in [6.07, 6.45) is 0. The van der Waals surface area contributed by atoms with Gasteiger partial charge >= 0.3 is 0 Å². The zero-order chi connectivity index (χ0) is 9.84. The van der Waals surface area contributed by atoms with Crippen LogP contribution in [0, 0.1) is 11.6 Å². The largest absolute Gasteiger partial charge is 0.484 e. The van der Waals surface area contributed by atoms with Crippen LogP contribution in [0.3, 0.4) is 0 Å². The number of primary amides is 1. The highest BCUT2D eigenvalue weighted by Crippen LogP contribution is 2.14. The van der Waals surface area contributed by atoms with Crippen molar-refractivity contribution in [3.8, 4) is 5.75 Å². The van der Waals surface area contributed by atoms with Crippen molar-refractivity contribution in [2.45, 2.75) is 0 Å². The van der Waals surface area contributed by atoms with Gasteiger partial charge in [-0.25, -0.2) is 8.78 Å². The van der Waals surface area contributed by atoms with Crippen LogP contribution in [0.2, 0.25) is 0 Å². The van der Waals surface area contributed by atoms with Gasteiger partial charge in [-0.05, 0) is 12.1 Å². The maximum absolute atomic E-state index is 12.5. The number of benzene rings is 1. The standard InChI is InChI=1S/C8H7F2NO2/c9-6-2-1-5(3-7(6)10)13-4-8(11)12/h1-3H,4H2,(H2,11,12). The van der Waals surface area contributed by atoms with Crippen molar-refractivity contribution >= 4 is 5.91 Å². The lowest BCUT2D eigenvalue weighted by molar-refractivity contribution is -0.119. The van der Waals surface area contributed by atoms with Crippen LogP contribution in [-0.2, 0) is 4.79 Å². The van der Waals surface area contributed by atoms with Crippen molar-refractivity contribution in [2.24, 2.45) is 5.73 Å². The number of rotatable bonds is 3. The molecule has 0 fully saturated rings. The maximum atomic E-state index is 12.5. The number of amides is 1. The van der Waals surface area contributed by atoms with Crippen LogP contribution in [-0.4, -0.2) is 12.5 Å². The van der Waals surface area contributed by atoms with Gasteiger partial charge in [-0.3, -0.25) is 4.79 Å². The number of halogens is 2. The number of carbonyl (C=O) groups excluding carboxylic acids is 1. The van der Waals surface area contributed by atoms with Gasteiger partial charge in [0, 0.05) is 6.07 Å². The number of ether oxygens (including phenoxy) is 1. The molecule has 0 spiro atoms. The normalized spacial score (nSPS) is 9.69. The zero-order valence-electron chi connectivity index (χ0n) is 6.59. The number of hydrogen-bond acceptors (Lipinski definition) is 2. The number of nitrogens with two attached hydrogens (primary N) is 1. The Hall–Kier alpha value is -1.65.